The minimum Gasteiger partial charge on any atom is -0.338 e. The van der Waals surface area contributed by atoms with Crippen molar-refractivity contribution in [2.45, 2.75) is 27.3 Å². The zero-order valence-corrected chi connectivity index (χ0v) is 20.9. The molecule has 0 saturated carbocycles. The number of hydrogen-bond acceptors (Lipinski definition) is 6. The molecule has 1 fully saturated rings. The van der Waals surface area contributed by atoms with E-state index in [0.717, 1.165) is 23.0 Å². The number of anilines is 1. The zero-order valence-electron chi connectivity index (χ0n) is 18.4. The molecule has 2 aliphatic rings. The van der Waals surface area contributed by atoms with E-state index >= 15 is 0 Å². The maximum Gasteiger partial charge on any atom is 0.279 e. The van der Waals surface area contributed by atoms with Crippen LogP contribution in [0, 0.1) is 0 Å². The van der Waals surface area contributed by atoms with Gasteiger partial charge >= 0.3 is 0 Å². The molecular weight excluding hydrogens is 460 g/mol. The van der Waals surface area contributed by atoms with Crippen LogP contribution in [0.2, 0.25) is 0 Å². The minimum atomic E-state index is -0.230. The van der Waals surface area contributed by atoms with Crippen LogP contribution in [0.1, 0.15) is 20.8 Å². The van der Waals surface area contributed by atoms with E-state index in [0.29, 0.717) is 26.5 Å². The molecule has 166 valence electrons. The standard InChI is InChI=1S/C23H24N4O2S3/c1-6-13-26-20(29)18(22-25(7-2)14(3)15(4)31-22)32-21(26)17-19(28)24(5)23(30)27(17)16-11-9-8-10-12-16/h6,8-12H,1,7,13H2,2-5H3/b21-17-,22-18-. The molecule has 32 heavy (non-hydrogen) atoms. The average molecular weight is 485 g/mol. The molecule has 0 atom stereocenters. The normalized spacial score (nSPS) is 20.2. The Balaban J connectivity index is 2.09. The third-order valence-electron chi connectivity index (χ3n) is 5.54. The van der Waals surface area contributed by atoms with Gasteiger partial charge in [0.25, 0.3) is 11.5 Å². The van der Waals surface area contributed by atoms with Crippen LogP contribution in [-0.2, 0) is 11.3 Å². The molecule has 9 heteroatoms. The third kappa shape index (κ3) is 3.44. The Morgan fingerprint density at radius 3 is 2.47 bits per heavy atom. The highest BCUT2D eigenvalue weighted by Gasteiger charge is 2.38. The first-order chi connectivity index (χ1) is 15.3. The summed E-state index contributed by atoms with van der Waals surface area (Å²) in [5.41, 5.74) is 2.20. The number of benzene rings is 1. The molecule has 3 heterocycles. The van der Waals surface area contributed by atoms with Gasteiger partial charge in [0.15, 0.2) is 5.11 Å². The van der Waals surface area contributed by atoms with Crippen molar-refractivity contribution in [3.05, 3.63) is 73.1 Å². The number of likely N-dealkylation sites (N-methyl/N-ethyl adjacent to an activating group) is 1. The SMILES string of the molecule is C=CCn1c(=O)/c(=C2/SC(C)=C(C)N2CC)s/c1=C1/C(=O)N(C)C(=S)N1c1ccccc1. The van der Waals surface area contributed by atoms with Gasteiger partial charge in [0.1, 0.15) is 19.9 Å². The summed E-state index contributed by atoms with van der Waals surface area (Å²) in [7, 11) is 1.66. The monoisotopic (exact) mass is 484 g/mol. The van der Waals surface area contributed by atoms with E-state index in [1.165, 1.54) is 21.1 Å². The zero-order chi connectivity index (χ0) is 23.2. The first-order valence-corrected chi connectivity index (χ1v) is 12.2. The van der Waals surface area contributed by atoms with Gasteiger partial charge in [-0.3, -0.25) is 24.0 Å². The Hall–Kier alpha value is -2.62. The lowest BCUT2D eigenvalue weighted by Gasteiger charge is -2.18. The predicted molar refractivity (Wildman–Crippen MR) is 137 cm³/mol. The number of aromatic nitrogens is 1. The van der Waals surface area contributed by atoms with Gasteiger partial charge in [0.05, 0.1) is 0 Å². The van der Waals surface area contributed by atoms with Crippen molar-refractivity contribution in [2.24, 2.45) is 0 Å². The van der Waals surface area contributed by atoms with Crippen molar-refractivity contribution >= 4 is 62.7 Å². The summed E-state index contributed by atoms with van der Waals surface area (Å²) in [6, 6.07) is 9.52. The fourth-order valence-corrected chi connectivity index (χ4v) is 6.54. The molecule has 0 unspecified atom stereocenters. The Bertz CT molecular complexity index is 1340. The van der Waals surface area contributed by atoms with E-state index in [2.05, 4.69) is 32.3 Å². The van der Waals surface area contributed by atoms with E-state index in [-0.39, 0.29) is 11.5 Å². The number of para-hydroxylation sites is 1. The lowest BCUT2D eigenvalue weighted by Crippen LogP contribution is -2.36. The highest BCUT2D eigenvalue weighted by molar-refractivity contribution is 8.11. The maximum absolute atomic E-state index is 13.6. The third-order valence-corrected chi connectivity index (χ3v) is 8.53. The van der Waals surface area contributed by atoms with Gasteiger partial charge in [-0.25, -0.2) is 0 Å². The van der Waals surface area contributed by atoms with E-state index in [1.54, 1.807) is 34.4 Å². The number of hydrogen-bond donors (Lipinski definition) is 0. The molecule has 1 amide bonds. The number of carbonyl (C=O) groups is 1. The maximum atomic E-state index is 13.6. The first-order valence-electron chi connectivity index (χ1n) is 10.2. The molecule has 1 aromatic heterocycles. The molecule has 1 aromatic carbocycles. The second kappa shape index (κ2) is 8.73. The van der Waals surface area contributed by atoms with Crippen molar-refractivity contribution in [3.63, 3.8) is 0 Å². The van der Waals surface area contributed by atoms with Crippen LogP contribution >= 0.6 is 35.3 Å². The summed E-state index contributed by atoms with van der Waals surface area (Å²) in [4.78, 5) is 33.4. The molecule has 6 nitrogen and oxygen atoms in total. The molecule has 0 N–H and O–H groups in total. The second-order valence-corrected chi connectivity index (χ2v) is 9.97. The minimum absolute atomic E-state index is 0.123. The van der Waals surface area contributed by atoms with Crippen molar-refractivity contribution < 1.29 is 4.79 Å². The van der Waals surface area contributed by atoms with E-state index in [9.17, 15) is 9.59 Å². The number of rotatable bonds is 4. The number of thiocarbonyl (C=S) groups is 1. The highest BCUT2D eigenvalue weighted by atomic mass is 32.2. The number of allylic oxidation sites excluding steroid dienone is 3. The lowest BCUT2D eigenvalue weighted by atomic mass is 10.3. The predicted octanol–water partition coefficient (Wildman–Crippen LogP) is 2.85. The summed E-state index contributed by atoms with van der Waals surface area (Å²) in [5.74, 6) is -0.230. The fourth-order valence-electron chi connectivity index (χ4n) is 3.77. The number of thioether (sulfide) groups is 1. The van der Waals surface area contributed by atoms with Gasteiger partial charge in [-0.1, -0.05) is 36.0 Å². The lowest BCUT2D eigenvalue weighted by molar-refractivity contribution is -0.119. The van der Waals surface area contributed by atoms with Gasteiger partial charge in [-0.15, -0.1) is 17.9 Å². The molecular formula is C23H24N4O2S3. The number of nitrogens with zero attached hydrogens (tertiary/aromatic N) is 4. The smallest absolute Gasteiger partial charge is 0.279 e. The Morgan fingerprint density at radius 2 is 1.84 bits per heavy atom. The largest absolute Gasteiger partial charge is 0.338 e. The van der Waals surface area contributed by atoms with Crippen molar-refractivity contribution in [3.8, 4) is 0 Å². The molecule has 0 aliphatic carbocycles. The topological polar surface area (TPSA) is 48.8 Å². The summed E-state index contributed by atoms with van der Waals surface area (Å²) < 4.78 is 2.83. The molecule has 1 saturated heterocycles. The molecule has 2 aliphatic heterocycles. The molecule has 0 spiro atoms. The Morgan fingerprint density at radius 1 is 1.16 bits per heavy atom. The highest BCUT2D eigenvalue weighted by Crippen LogP contribution is 2.40. The van der Waals surface area contributed by atoms with Gasteiger partial charge in [0, 0.05) is 36.4 Å². The van der Waals surface area contributed by atoms with E-state index in [1.807, 2.05) is 30.3 Å². The van der Waals surface area contributed by atoms with Crippen LogP contribution in [0.3, 0.4) is 0 Å². The Labute approximate surface area is 200 Å². The first kappa shape index (κ1) is 22.6. The van der Waals surface area contributed by atoms with Crippen LogP contribution in [-0.4, -0.2) is 39.0 Å². The fraction of sp³-hybridized carbons (Fsp3) is 0.261. The summed E-state index contributed by atoms with van der Waals surface area (Å²) in [6.07, 6.45) is 1.68. The van der Waals surface area contributed by atoms with E-state index in [4.69, 9.17) is 12.2 Å². The second-order valence-electron chi connectivity index (χ2n) is 7.40. The summed E-state index contributed by atoms with van der Waals surface area (Å²) in [5, 5.41) is 1.30. The number of thiazole rings is 1. The van der Waals surface area contributed by atoms with Gasteiger partial charge in [-0.05, 0) is 45.1 Å². The van der Waals surface area contributed by atoms with Crippen LogP contribution in [0.5, 0.6) is 0 Å². The van der Waals surface area contributed by atoms with Gasteiger partial charge < -0.3 is 4.90 Å². The van der Waals surface area contributed by atoms with Gasteiger partial charge in [-0.2, -0.15) is 0 Å². The van der Waals surface area contributed by atoms with E-state index < -0.39 is 0 Å². The number of amides is 1. The van der Waals surface area contributed by atoms with Crippen molar-refractivity contribution in [2.75, 3.05) is 18.5 Å². The molecule has 4 rings (SSSR count). The van der Waals surface area contributed by atoms with Crippen LogP contribution in [0.15, 0.2) is 58.4 Å². The summed E-state index contributed by atoms with van der Waals surface area (Å²) in [6.45, 7) is 11.1. The Kier molecular flexibility index (Phi) is 6.15. The van der Waals surface area contributed by atoms with Crippen LogP contribution < -0.4 is 19.7 Å². The molecule has 0 radical (unpaired) electrons. The summed E-state index contributed by atoms with van der Waals surface area (Å²) >= 11 is 8.55. The molecule has 0 bridgehead atoms. The number of carbonyl (C=O) groups excluding carboxylic acids is 1. The quantitative estimate of drug-likeness (QED) is 0.491. The molecule has 2 aromatic rings. The van der Waals surface area contributed by atoms with Crippen molar-refractivity contribution in [1.29, 1.82) is 0 Å². The van der Waals surface area contributed by atoms with Crippen LogP contribution in [0.25, 0.3) is 10.7 Å². The van der Waals surface area contributed by atoms with Crippen LogP contribution in [0.4, 0.5) is 5.69 Å². The average Bonchev–Trinajstić information content (AvgIpc) is 3.34. The van der Waals surface area contributed by atoms with Gasteiger partial charge in [0.2, 0.25) is 0 Å². The van der Waals surface area contributed by atoms with Crippen molar-refractivity contribution in [1.82, 2.24) is 14.4 Å².